The van der Waals surface area contributed by atoms with Crippen molar-refractivity contribution in [1.29, 1.82) is 0 Å². The average Bonchev–Trinajstić information content (AvgIpc) is 3.23. The first-order valence-electron chi connectivity index (χ1n) is 7.76. The number of pyridine rings is 1. The van der Waals surface area contributed by atoms with Gasteiger partial charge in [-0.2, -0.15) is 4.98 Å². The summed E-state index contributed by atoms with van der Waals surface area (Å²) in [7, 11) is 0. The van der Waals surface area contributed by atoms with Gasteiger partial charge in [-0.1, -0.05) is 35.6 Å². The first-order chi connectivity index (χ1) is 12.1. The van der Waals surface area contributed by atoms with Crippen molar-refractivity contribution in [2.24, 2.45) is 0 Å². The molecule has 0 spiro atoms. The average molecular weight is 349 g/mol. The molecular weight excluding hydrogens is 334 g/mol. The van der Waals surface area contributed by atoms with E-state index in [2.05, 4.69) is 20.4 Å². The molecule has 0 amide bonds. The van der Waals surface area contributed by atoms with E-state index in [4.69, 9.17) is 16.7 Å². The van der Waals surface area contributed by atoms with Crippen molar-refractivity contribution in [3.8, 4) is 11.4 Å². The molecule has 4 aromatic rings. The van der Waals surface area contributed by atoms with Crippen LogP contribution in [0.25, 0.3) is 17.0 Å². The number of aromatic nitrogens is 4. The number of anilines is 1. The van der Waals surface area contributed by atoms with Gasteiger partial charge < -0.3 is 9.84 Å². The Bertz CT molecular complexity index is 1080. The molecule has 0 unspecified atom stereocenters. The zero-order valence-corrected chi connectivity index (χ0v) is 14.5. The molecule has 0 bridgehead atoms. The van der Waals surface area contributed by atoms with E-state index in [1.54, 1.807) is 13.1 Å². The summed E-state index contributed by atoms with van der Waals surface area (Å²) in [6.07, 6.45) is 3.71. The van der Waals surface area contributed by atoms with Crippen LogP contribution >= 0.6 is 12.2 Å². The normalized spacial score (nSPS) is 11.0. The number of thiocarbonyl (C=S) groups is 1. The van der Waals surface area contributed by atoms with E-state index < -0.39 is 0 Å². The minimum atomic E-state index is 0.534. The van der Waals surface area contributed by atoms with Gasteiger partial charge in [0.1, 0.15) is 16.3 Å². The predicted octanol–water partition coefficient (Wildman–Crippen LogP) is 3.79. The van der Waals surface area contributed by atoms with Crippen LogP contribution in [-0.2, 0) is 0 Å². The van der Waals surface area contributed by atoms with Crippen LogP contribution in [0.5, 0.6) is 0 Å². The van der Waals surface area contributed by atoms with Crippen molar-refractivity contribution < 1.29 is 4.52 Å². The van der Waals surface area contributed by atoms with E-state index in [1.807, 2.05) is 53.9 Å². The Balaban J connectivity index is 1.67. The molecule has 0 saturated carbocycles. The molecule has 3 aromatic heterocycles. The maximum atomic E-state index is 5.59. The second-order valence-electron chi connectivity index (χ2n) is 5.69. The second-order valence-corrected chi connectivity index (χ2v) is 6.10. The molecule has 4 rings (SSSR count). The molecule has 0 aliphatic heterocycles. The van der Waals surface area contributed by atoms with Crippen LogP contribution in [0.3, 0.4) is 0 Å². The summed E-state index contributed by atoms with van der Waals surface area (Å²) in [5, 5.41) is 7.27. The van der Waals surface area contributed by atoms with Crippen LogP contribution in [0.15, 0.2) is 53.3 Å². The monoisotopic (exact) mass is 349 g/mol. The molecule has 0 aliphatic rings. The van der Waals surface area contributed by atoms with E-state index >= 15 is 0 Å². The Labute approximate surface area is 149 Å². The lowest BCUT2D eigenvalue weighted by Crippen LogP contribution is -2.13. The van der Waals surface area contributed by atoms with E-state index in [0.29, 0.717) is 16.7 Å². The van der Waals surface area contributed by atoms with E-state index in [1.165, 1.54) is 0 Å². The van der Waals surface area contributed by atoms with Crippen LogP contribution < -0.4 is 5.32 Å². The summed E-state index contributed by atoms with van der Waals surface area (Å²) < 4.78 is 7.01. The molecule has 124 valence electrons. The van der Waals surface area contributed by atoms with Crippen molar-refractivity contribution in [2.75, 3.05) is 5.32 Å². The number of aryl methyl sites for hydroxylation is 2. The van der Waals surface area contributed by atoms with Crippen LogP contribution in [0.2, 0.25) is 0 Å². The standard InChI is InChI=1S/C18H15N5OS/c1-11-6-7-13(17-20-12(2)24-22-17)9-14(11)21-18(25)15-10-19-16-5-3-4-8-23(15)16/h3-10H,1-2H3,(H,21,25). The third-order valence-corrected chi connectivity index (χ3v) is 4.23. The van der Waals surface area contributed by atoms with Crippen molar-refractivity contribution in [3.05, 3.63) is 65.9 Å². The van der Waals surface area contributed by atoms with Crippen LogP contribution in [0.4, 0.5) is 5.69 Å². The summed E-state index contributed by atoms with van der Waals surface area (Å²) in [4.78, 5) is 9.24. The molecule has 0 aliphatic carbocycles. The maximum absolute atomic E-state index is 5.59. The van der Waals surface area contributed by atoms with Crippen molar-refractivity contribution in [2.45, 2.75) is 13.8 Å². The van der Waals surface area contributed by atoms with Gasteiger partial charge in [0.05, 0.1) is 6.20 Å². The number of hydrogen-bond donors (Lipinski definition) is 1. The smallest absolute Gasteiger partial charge is 0.223 e. The van der Waals surface area contributed by atoms with Gasteiger partial charge in [0.15, 0.2) is 0 Å². The van der Waals surface area contributed by atoms with Gasteiger partial charge in [-0.15, -0.1) is 0 Å². The molecule has 7 heteroatoms. The Morgan fingerprint density at radius 2 is 2.08 bits per heavy atom. The van der Waals surface area contributed by atoms with Gasteiger partial charge >= 0.3 is 0 Å². The molecule has 0 atom stereocenters. The quantitative estimate of drug-likeness (QED) is 0.568. The maximum Gasteiger partial charge on any atom is 0.223 e. The van der Waals surface area contributed by atoms with Crippen LogP contribution in [0, 0.1) is 13.8 Å². The summed E-state index contributed by atoms with van der Waals surface area (Å²) in [6.45, 7) is 3.79. The van der Waals surface area contributed by atoms with Crippen molar-refractivity contribution in [1.82, 2.24) is 19.5 Å². The summed E-state index contributed by atoms with van der Waals surface area (Å²) >= 11 is 5.59. The number of fused-ring (bicyclic) bond motifs is 1. The minimum absolute atomic E-state index is 0.534. The van der Waals surface area contributed by atoms with Gasteiger partial charge in [-0.25, -0.2) is 4.98 Å². The van der Waals surface area contributed by atoms with Gasteiger partial charge in [0, 0.05) is 24.4 Å². The first kappa shape index (κ1) is 15.5. The van der Waals surface area contributed by atoms with Gasteiger partial charge in [-0.3, -0.25) is 4.40 Å². The number of rotatable bonds is 3. The highest BCUT2D eigenvalue weighted by Crippen LogP contribution is 2.24. The molecule has 0 saturated heterocycles. The number of hydrogen-bond acceptors (Lipinski definition) is 5. The zero-order chi connectivity index (χ0) is 17.4. The van der Waals surface area contributed by atoms with E-state index in [0.717, 1.165) is 28.2 Å². The Morgan fingerprint density at radius 3 is 2.88 bits per heavy atom. The highest BCUT2D eigenvalue weighted by atomic mass is 32.1. The number of nitrogens with one attached hydrogen (secondary N) is 1. The van der Waals surface area contributed by atoms with Crippen molar-refractivity contribution in [3.63, 3.8) is 0 Å². The Morgan fingerprint density at radius 1 is 1.20 bits per heavy atom. The van der Waals surface area contributed by atoms with Gasteiger partial charge in [0.2, 0.25) is 11.7 Å². The van der Waals surface area contributed by atoms with E-state index in [9.17, 15) is 0 Å². The lowest BCUT2D eigenvalue weighted by Gasteiger charge is -2.11. The molecule has 1 aromatic carbocycles. The number of benzene rings is 1. The lowest BCUT2D eigenvalue weighted by atomic mass is 10.1. The highest BCUT2D eigenvalue weighted by molar-refractivity contribution is 7.81. The lowest BCUT2D eigenvalue weighted by molar-refractivity contribution is 0.394. The van der Waals surface area contributed by atoms with Crippen LogP contribution in [0.1, 0.15) is 17.1 Å². The third-order valence-electron chi connectivity index (χ3n) is 3.92. The van der Waals surface area contributed by atoms with Gasteiger partial charge in [-0.05, 0) is 30.7 Å². The first-order valence-corrected chi connectivity index (χ1v) is 8.17. The summed E-state index contributed by atoms with van der Waals surface area (Å²) in [5.41, 5.74) is 4.53. The topological polar surface area (TPSA) is 68.2 Å². The second kappa shape index (κ2) is 6.10. The third kappa shape index (κ3) is 2.89. The van der Waals surface area contributed by atoms with E-state index in [-0.39, 0.29) is 0 Å². The molecule has 0 radical (unpaired) electrons. The van der Waals surface area contributed by atoms with Crippen LogP contribution in [-0.4, -0.2) is 24.5 Å². The Kier molecular flexibility index (Phi) is 3.77. The fourth-order valence-corrected chi connectivity index (χ4v) is 2.86. The SMILES string of the molecule is Cc1nc(-c2ccc(C)c(NC(=S)c3cnc4ccccn34)c2)no1. The molecule has 6 nitrogen and oxygen atoms in total. The molecule has 3 heterocycles. The number of imidazole rings is 1. The number of nitrogens with zero attached hydrogens (tertiary/aromatic N) is 4. The molecule has 0 fully saturated rings. The molecule has 1 N–H and O–H groups in total. The summed E-state index contributed by atoms with van der Waals surface area (Å²) in [5.74, 6) is 1.09. The zero-order valence-electron chi connectivity index (χ0n) is 13.7. The fraction of sp³-hybridized carbons (Fsp3) is 0.111. The predicted molar refractivity (Wildman–Crippen MR) is 99.7 cm³/mol. The largest absolute Gasteiger partial charge is 0.345 e. The molecule has 25 heavy (non-hydrogen) atoms. The fourth-order valence-electron chi connectivity index (χ4n) is 2.60. The highest BCUT2D eigenvalue weighted by Gasteiger charge is 2.12. The summed E-state index contributed by atoms with van der Waals surface area (Å²) in [6, 6.07) is 11.8. The molecular formula is C18H15N5OS. The van der Waals surface area contributed by atoms with Crippen molar-refractivity contribution >= 4 is 28.5 Å². The minimum Gasteiger partial charge on any atom is -0.345 e. The Hall–Kier alpha value is -3.06. The van der Waals surface area contributed by atoms with Gasteiger partial charge in [0.25, 0.3) is 0 Å².